The van der Waals surface area contributed by atoms with E-state index in [1.165, 1.54) is 96.3 Å². The van der Waals surface area contributed by atoms with Crippen LogP contribution in [0.1, 0.15) is 180 Å². The minimum atomic E-state index is -1.61. The first kappa shape index (κ1) is 48.1. The number of carbonyl (C=O) groups excluding carboxylic acids is 1. The summed E-state index contributed by atoms with van der Waals surface area (Å²) in [5, 5.41) is 73.7. The van der Waals surface area contributed by atoms with E-state index in [0.717, 1.165) is 57.8 Å². The van der Waals surface area contributed by atoms with Crippen molar-refractivity contribution in [3.05, 3.63) is 0 Å². The summed E-state index contributed by atoms with van der Waals surface area (Å²) in [6.07, 6.45) is 19.7. The number of aliphatic hydroxyl groups is 7. The number of rotatable bonds is 35. The number of ether oxygens (including phenoxy) is 2. The van der Waals surface area contributed by atoms with E-state index in [1.807, 2.05) is 0 Å². The maximum atomic E-state index is 12.9. The summed E-state index contributed by atoms with van der Waals surface area (Å²) in [6, 6.07) is -0.994. The average Bonchev–Trinajstić information content (AvgIpc) is 3.13. The Balaban J connectivity index is 2.44. The zero-order valence-electron chi connectivity index (χ0n) is 32.2. The number of carbonyl (C=O) groups is 1. The molecule has 1 heterocycles. The summed E-state index contributed by atoms with van der Waals surface area (Å²) in [6.45, 7) is 1.62. The van der Waals surface area contributed by atoms with E-state index in [0.29, 0.717) is 19.4 Å². The zero-order chi connectivity index (χ0) is 37.5. The maximum absolute atomic E-state index is 12.9. The van der Waals surface area contributed by atoms with Gasteiger partial charge in [0.15, 0.2) is 6.29 Å². The molecule has 8 atom stereocenters. The van der Waals surface area contributed by atoms with Crippen molar-refractivity contribution >= 4 is 5.91 Å². The highest BCUT2D eigenvalue weighted by molar-refractivity contribution is 5.76. The standard InChI is InChI=1S/C40H79NO10/c1-2-3-4-5-6-7-8-12-15-18-21-24-27-33(44)36(46)32(31-50-40-39(49)38(48)37(47)34(30-43)51-40)41-35(45)28-25-22-19-16-13-10-9-11-14-17-20-23-26-29-42/h32-34,36-40,42-44,46-49H,2-31H2,1H3,(H,41,45)/t32-,33+,34+,36-,37-,38-,39+,40-/m0/s1. The fourth-order valence-corrected chi connectivity index (χ4v) is 6.88. The van der Waals surface area contributed by atoms with E-state index in [9.17, 15) is 35.4 Å². The quantitative estimate of drug-likeness (QED) is 0.0384. The highest BCUT2D eigenvalue weighted by Gasteiger charge is 2.44. The molecule has 11 heteroatoms. The fourth-order valence-electron chi connectivity index (χ4n) is 6.88. The number of hydrogen-bond donors (Lipinski definition) is 8. The van der Waals surface area contributed by atoms with Crippen LogP contribution in [0.4, 0.5) is 0 Å². The van der Waals surface area contributed by atoms with Gasteiger partial charge < -0.3 is 50.5 Å². The molecule has 1 amide bonds. The Morgan fingerprint density at radius 2 is 1.08 bits per heavy atom. The Morgan fingerprint density at radius 1 is 0.627 bits per heavy atom. The number of amides is 1. The van der Waals surface area contributed by atoms with Crippen molar-refractivity contribution in [3.63, 3.8) is 0 Å². The Labute approximate surface area is 309 Å². The van der Waals surface area contributed by atoms with Crippen LogP contribution in [0.2, 0.25) is 0 Å². The minimum Gasteiger partial charge on any atom is -0.396 e. The normalized spacial score (nSPS) is 22.5. The van der Waals surface area contributed by atoms with Crippen molar-refractivity contribution in [2.75, 3.05) is 19.8 Å². The minimum absolute atomic E-state index is 0.270. The monoisotopic (exact) mass is 734 g/mol. The highest BCUT2D eigenvalue weighted by Crippen LogP contribution is 2.23. The second kappa shape index (κ2) is 32.5. The van der Waals surface area contributed by atoms with Crippen LogP contribution in [0.3, 0.4) is 0 Å². The second-order valence-corrected chi connectivity index (χ2v) is 15.0. The lowest BCUT2D eigenvalue weighted by Gasteiger charge is -2.40. The molecule has 0 aromatic rings. The summed E-state index contributed by atoms with van der Waals surface area (Å²) in [5.74, 6) is -0.270. The Kier molecular flexibility index (Phi) is 30.7. The molecule has 304 valence electrons. The van der Waals surface area contributed by atoms with Crippen molar-refractivity contribution < 1.29 is 50.0 Å². The summed E-state index contributed by atoms with van der Waals surface area (Å²) in [5.41, 5.74) is 0. The van der Waals surface area contributed by atoms with Crippen LogP contribution in [0.15, 0.2) is 0 Å². The van der Waals surface area contributed by atoms with E-state index in [-0.39, 0.29) is 18.9 Å². The summed E-state index contributed by atoms with van der Waals surface area (Å²) in [7, 11) is 0. The van der Waals surface area contributed by atoms with Crippen LogP contribution in [-0.4, -0.2) is 110 Å². The maximum Gasteiger partial charge on any atom is 0.220 e. The molecule has 1 fully saturated rings. The molecule has 1 aliphatic heterocycles. The van der Waals surface area contributed by atoms with Crippen LogP contribution >= 0.6 is 0 Å². The van der Waals surface area contributed by atoms with Gasteiger partial charge in [-0.2, -0.15) is 0 Å². The van der Waals surface area contributed by atoms with Gasteiger partial charge in [0, 0.05) is 13.0 Å². The van der Waals surface area contributed by atoms with Gasteiger partial charge in [0.1, 0.15) is 30.5 Å². The lowest BCUT2D eigenvalue weighted by atomic mass is 9.98. The molecule has 0 aromatic carbocycles. The summed E-state index contributed by atoms with van der Waals surface area (Å²) < 4.78 is 11.1. The van der Waals surface area contributed by atoms with Gasteiger partial charge in [-0.15, -0.1) is 0 Å². The lowest BCUT2D eigenvalue weighted by molar-refractivity contribution is -0.303. The average molecular weight is 734 g/mol. The van der Waals surface area contributed by atoms with Crippen molar-refractivity contribution in [2.45, 2.75) is 229 Å². The molecule has 1 saturated heterocycles. The topological polar surface area (TPSA) is 189 Å². The van der Waals surface area contributed by atoms with E-state index in [1.54, 1.807) is 0 Å². The molecule has 11 nitrogen and oxygen atoms in total. The Bertz CT molecular complexity index is 790. The van der Waals surface area contributed by atoms with Gasteiger partial charge >= 0.3 is 0 Å². The fraction of sp³-hybridized carbons (Fsp3) is 0.975. The third-order valence-corrected chi connectivity index (χ3v) is 10.4. The largest absolute Gasteiger partial charge is 0.396 e. The first-order chi connectivity index (χ1) is 24.8. The molecule has 0 spiro atoms. The van der Waals surface area contributed by atoms with E-state index >= 15 is 0 Å². The first-order valence-electron chi connectivity index (χ1n) is 20.9. The molecule has 0 aliphatic carbocycles. The number of nitrogens with one attached hydrogen (secondary N) is 1. The highest BCUT2D eigenvalue weighted by atomic mass is 16.7. The van der Waals surface area contributed by atoms with Crippen LogP contribution in [0, 0.1) is 0 Å². The molecule has 0 unspecified atom stereocenters. The molecule has 0 radical (unpaired) electrons. The van der Waals surface area contributed by atoms with Gasteiger partial charge in [-0.3, -0.25) is 4.79 Å². The smallest absolute Gasteiger partial charge is 0.220 e. The van der Waals surface area contributed by atoms with Crippen LogP contribution in [-0.2, 0) is 14.3 Å². The third-order valence-electron chi connectivity index (χ3n) is 10.4. The second-order valence-electron chi connectivity index (χ2n) is 15.0. The number of aliphatic hydroxyl groups excluding tert-OH is 7. The molecule has 1 aliphatic rings. The third kappa shape index (κ3) is 23.5. The number of hydrogen-bond acceptors (Lipinski definition) is 10. The molecule has 0 aromatic heterocycles. The van der Waals surface area contributed by atoms with Gasteiger partial charge in [0.05, 0.1) is 25.4 Å². The van der Waals surface area contributed by atoms with E-state index in [2.05, 4.69) is 12.2 Å². The molecule has 51 heavy (non-hydrogen) atoms. The zero-order valence-corrected chi connectivity index (χ0v) is 32.2. The van der Waals surface area contributed by atoms with Crippen LogP contribution in [0.25, 0.3) is 0 Å². The van der Waals surface area contributed by atoms with E-state index < -0.39 is 55.6 Å². The molecule has 0 bridgehead atoms. The summed E-state index contributed by atoms with van der Waals surface area (Å²) >= 11 is 0. The first-order valence-corrected chi connectivity index (χ1v) is 20.9. The van der Waals surface area contributed by atoms with Gasteiger partial charge in [-0.05, 0) is 19.3 Å². The SMILES string of the molecule is CCCCCCCCCCCCCC[C@@H](O)[C@@H](O)[C@H](CO[C@H]1O[C@H](CO)[C@H](O)[C@H](O)[C@H]1O)NC(=O)CCCCCCCCCCCCCCCO. The lowest BCUT2D eigenvalue weighted by Crippen LogP contribution is -2.60. The van der Waals surface area contributed by atoms with Crippen LogP contribution in [0.5, 0.6) is 0 Å². The molecule has 0 saturated carbocycles. The molecule has 1 rings (SSSR count). The molecule has 8 N–H and O–H groups in total. The predicted molar refractivity (Wildman–Crippen MR) is 201 cm³/mol. The number of unbranched alkanes of at least 4 members (excludes halogenated alkanes) is 23. The van der Waals surface area contributed by atoms with Gasteiger partial charge in [0.25, 0.3) is 0 Å². The van der Waals surface area contributed by atoms with Gasteiger partial charge in [-0.25, -0.2) is 0 Å². The Morgan fingerprint density at radius 3 is 1.55 bits per heavy atom. The molecular weight excluding hydrogens is 654 g/mol. The Hall–Kier alpha value is -0.890. The van der Waals surface area contributed by atoms with Crippen LogP contribution < -0.4 is 5.32 Å². The van der Waals surface area contributed by atoms with E-state index in [4.69, 9.17) is 14.6 Å². The van der Waals surface area contributed by atoms with Gasteiger partial charge in [0.2, 0.25) is 5.91 Å². The van der Waals surface area contributed by atoms with Crippen molar-refractivity contribution in [1.82, 2.24) is 5.32 Å². The summed E-state index contributed by atoms with van der Waals surface area (Å²) in [4.78, 5) is 12.9. The predicted octanol–water partition coefficient (Wildman–Crippen LogP) is 5.55. The van der Waals surface area contributed by atoms with Crippen molar-refractivity contribution in [2.24, 2.45) is 0 Å². The molecular formula is C40H79NO10. The van der Waals surface area contributed by atoms with Gasteiger partial charge in [-0.1, -0.05) is 155 Å². The van der Waals surface area contributed by atoms with Crippen molar-refractivity contribution in [3.8, 4) is 0 Å². The van der Waals surface area contributed by atoms with Crippen molar-refractivity contribution in [1.29, 1.82) is 0 Å².